The van der Waals surface area contributed by atoms with Crippen LogP contribution >= 0.6 is 0 Å². The van der Waals surface area contributed by atoms with E-state index in [4.69, 9.17) is 0 Å². The maximum Gasteiger partial charge on any atom is 2.00 e. The molecule has 0 aliphatic rings. The Morgan fingerprint density at radius 2 is 0.837 bits per heavy atom. The molecule has 13 heteroatoms. The van der Waals surface area contributed by atoms with Crippen molar-refractivity contribution in [2.24, 2.45) is 0 Å². The maximum absolute atomic E-state index is 11.8. The van der Waals surface area contributed by atoms with E-state index in [9.17, 15) is 46.1 Å². The zero-order valence-electron chi connectivity index (χ0n) is 21.7. The summed E-state index contributed by atoms with van der Waals surface area (Å²) in [5, 5.41) is 20.9. The van der Waals surface area contributed by atoms with Crippen molar-refractivity contribution in [1.29, 1.82) is 0 Å². The minimum atomic E-state index is -5.00. The average Bonchev–Trinajstić information content (AvgIpc) is 2.98. The molecular formula is C30H20F6MnN2O4. The molecule has 0 N–H and O–H groups in total. The molecule has 2 heterocycles. The Labute approximate surface area is 252 Å². The van der Waals surface area contributed by atoms with Crippen LogP contribution in [-0.2, 0) is 17.1 Å². The number of nitrogens with zero attached hydrogens (tertiary/aromatic N) is 2. The number of pyridine rings is 2. The van der Waals surface area contributed by atoms with E-state index in [1.807, 2.05) is 36.4 Å². The van der Waals surface area contributed by atoms with E-state index in [2.05, 4.69) is 9.97 Å². The zero-order chi connectivity index (χ0) is 31.2. The third kappa shape index (κ3) is 13.2. The number of alkyl halides is 6. The number of ketones is 2. The summed E-state index contributed by atoms with van der Waals surface area (Å²) in [7, 11) is 0. The van der Waals surface area contributed by atoms with E-state index >= 15 is 0 Å². The third-order valence-corrected chi connectivity index (χ3v) is 4.79. The molecule has 0 amide bonds. The number of halogens is 6. The van der Waals surface area contributed by atoms with Crippen LogP contribution < -0.4 is 10.2 Å². The molecule has 43 heavy (non-hydrogen) atoms. The fourth-order valence-corrected chi connectivity index (χ4v) is 2.80. The van der Waals surface area contributed by atoms with Crippen molar-refractivity contribution < 1.29 is 63.2 Å². The molecule has 0 aliphatic heterocycles. The standard InChI is InChI=1S/2C10H7F3O2.C10H8N2.Mn/c2*11-10(12,13)9(15)6-8(14)7-4-2-1-3-5-7;1-3-7-11-9(5-1)10-6-2-4-8-12-10;/h2*1-6,15H;1-8H;/q;;;+2/p-2/b2*9-6-;;. The van der Waals surface area contributed by atoms with Gasteiger partial charge in [-0.1, -0.05) is 72.8 Å². The molecule has 223 valence electrons. The molecule has 4 aromatic rings. The van der Waals surface area contributed by atoms with Crippen LogP contribution in [0.25, 0.3) is 11.4 Å². The van der Waals surface area contributed by atoms with Crippen molar-refractivity contribution in [3.8, 4) is 11.4 Å². The summed E-state index contributed by atoms with van der Waals surface area (Å²) in [5.74, 6) is -6.18. The molecule has 0 unspecified atom stereocenters. The van der Waals surface area contributed by atoms with E-state index < -0.39 is 35.4 Å². The molecule has 2 aromatic carbocycles. The van der Waals surface area contributed by atoms with Gasteiger partial charge in [-0.2, -0.15) is 26.3 Å². The number of aromatic nitrogens is 2. The number of rotatable bonds is 5. The van der Waals surface area contributed by atoms with Crippen LogP contribution in [0.15, 0.2) is 133 Å². The zero-order valence-corrected chi connectivity index (χ0v) is 22.9. The Morgan fingerprint density at radius 1 is 0.535 bits per heavy atom. The van der Waals surface area contributed by atoms with E-state index in [0.29, 0.717) is 0 Å². The van der Waals surface area contributed by atoms with Gasteiger partial charge in [0.1, 0.15) is 0 Å². The molecular weight excluding hydrogens is 621 g/mol. The Hall–Kier alpha value is -4.74. The quantitative estimate of drug-likeness (QED) is 0.0939. The Kier molecular flexibility index (Phi) is 14.6. The van der Waals surface area contributed by atoms with Gasteiger partial charge in [-0.05, 0) is 47.9 Å². The van der Waals surface area contributed by atoms with Gasteiger partial charge in [0.2, 0.25) is 0 Å². The van der Waals surface area contributed by atoms with E-state index in [0.717, 1.165) is 11.4 Å². The van der Waals surface area contributed by atoms with Gasteiger partial charge in [0, 0.05) is 23.5 Å². The van der Waals surface area contributed by atoms with Crippen LogP contribution in [0, 0.1) is 0 Å². The Bertz CT molecular complexity index is 1370. The second-order valence-electron chi connectivity index (χ2n) is 7.90. The van der Waals surface area contributed by atoms with Crippen molar-refractivity contribution in [2.75, 3.05) is 0 Å². The average molecular weight is 641 g/mol. The molecule has 4 rings (SSSR count). The summed E-state index contributed by atoms with van der Waals surface area (Å²) < 4.78 is 70.8. The van der Waals surface area contributed by atoms with Gasteiger partial charge in [-0.3, -0.25) is 19.6 Å². The van der Waals surface area contributed by atoms with Crippen molar-refractivity contribution in [1.82, 2.24) is 9.97 Å². The van der Waals surface area contributed by atoms with Crippen LogP contribution in [0.3, 0.4) is 0 Å². The van der Waals surface area contributed by atoms with Crippen molar-refractivity contribution in [3.05, 3.63) is 144 Å². The van der Waals surface area contributed by atoms with Gasteiger partial charge in [-0.25, -0.2) is 0 Å². The summed E-state index contributed by atoms with van der Waals surface area (Å²) >= 11 is 0. The molecule has 6 nitrogen and oxygen atoms in total. The number of carbonyl (C=O) groups is 2. The first-order valence-corrected chi connectivity index (χ1v) is 11.7. The normalized spacial score (nSPS) is 11.5. The van der Waals surface area contributed by atoms with Crippen molar-refractivity contribution >= 4 is 11.6 Å². The number of carbonyl (C=O) groups excluding carboxylic acids is 2. The van der Waals surface area contributed by atoms with Crippen molar-refractivity contribution in [2.45, 2.75) is 12.4 Å². The molecule has 0 spiro atoms. The van der Waals surface area contributed by atoms with Gasteiger partial charge in [0.15, 0.2) is 11.6 Å². The van der Waals surface area contributed by atoms with Gasteiger partial charge >= 0.3 is 29.4 Å². The second-order valence-corrected chi connectivity index (χ2v) is 7.90. The fourth-order valence-electron chi connectivity index (χ4n) is 2.80. The predicted molar refractivity (Wildman–Crippen MR) is 137 cm³/mol. The second kappa shape index (κ2) is 17.3. The summed E-state index contributed by atoms with van der Waals surface area (Å²) in [6.45, 7) is 0. The Balaban J connectivity index is 0.000000321. The maximum atomic E-state index is 11.8. The monoisotopic (exact) mass is 641 g/mol. The topological polar surface area (TPSA) is 106 Å². The van der Waals surface area contributed by atoms with E-state index in [-0.39, 0.29) is 40.3 Å². The molecule has 0 atom stereocenters. The van der Waals surface area contributed by atoms with Crippen LogP contribution in [0.2, 0.25) is 0 Å². The van der Waals surface area contributed by atoms with Gasteiger partial charge in [0.05, 0.1) is 11.4 Å². The first kappa shape index (κ1) is 36.3. The van der Waals surface area contributed by atoms with E-state index in [1.54, 1.807) is 24.5 Å². The molecule has 0 fully saturated rings. The smallest absolute Gasteiger partial charge is 0.869 e. The van der Waals surface area contributed by atoms with Crippen LogP contribution in [-0.4, -0.2) is 33.9 Å². The number of hydrogen-bond donors (Lipinski definition) is 0. The molecule has 0 bridgehead atoms. The van der Waals surface area contributed by atoms with Gasteiger partial charge in [-0.15, -0.1) is 0 Å². The first-order chi connectivity index (χ1) is 19.8. The van der Waals surface area contributed by atoms with E-state index in [1.165, 1.54) is 48.5 Å². The predicted octanol–water partition coefficient (Wildman–Crippen LogP) is 5.49. The molecule has 2 aromatic heterocycles. The van der Waals surface area contributed by atoms with Crippen molar-refractivity contribution in [3.63, 3.8) is 0 Å². The van der Waals surface area contributed by atoms with Crippen LogP contribution in [0.5, 0.6) is 0 Å². The number of hydrogen-bond acceptors (Lipinski definition) is 6. The van der Waals surface area contributed by atoms with Gasteiger partial charge in [0.25, 0.3) is 0 Å². The van der Waals surface area contributed by atoms with Gasteiger partial charge < -0.3 is 10.2 Å². The Morgan fingerprint density at radius 3 is 1.09 bits per heavy atom. The van der Waals surface area contributed by atoms with Crippen LogP contribution in [0.1, 0.15) is 20.7 Å². The third-order valence-electron chi connectivity index (χ3n) is 4.79. The molecule has 1 radical (unpaired) electrons. The molecule has 0 saturated carbocycles. The number of benzene rings is 2. The summed E-state index contributed by atoms with van der Waals surface area (Å²) in [5.41, 5.74) is 1.93. The molecule has 0 aliphatic carbocycles. The first-order valence-electron chi connectivity index (χ1n) is 11.7. The molecule has 0 saturated heterocycles. The summed E-state index contributed by atoms with van der Waals surface area (Å²) in [6, 6.07) is 26.2. The number of allylic oxidation sites excluding steroid dienone is 4. The minimum Gasteiger partial charge on any atom is -0.869 e. The fraction of sp³-hybridized carbons (Fsp3) is 0.0667. The SMILES string of the molecule is O=C(/C=C(\[O-])C(F)(F)F)c1ccccc1.O=C(/C=C(\[O-])C(F)(F)F)c1ccccc1.[Mn+2].c1ccc(-c2ccccn2)nc1. The largest absolute Gasteiger partial charge is 2.00 e. The minimum absolute atomic E-state index is 0. The van der Waals surface area contributed by atoms with Crippen LogP contribution in [0.4, 0.5) is 26.3 Å². The summed E-state index contributed by atoms with van der Waals surface area (Å²) in [6.07, 6.45) is -6.35. The summed E-state index contributed by atoms with van der Waals surface area (Å²) in [4.78, 5) is 30.6.